The van der Waals surface area contributed by atoms with Gasteiger partial charge in [0.05, 0.1) is 45.0 Å². The Labute approximate surface area is 449 Å². The van der Waals surface area contributed by atoms with Crippen LogP contribution in [0.3, 0.4) is 0 Å². The fourth-order valence-electron chi connectivity index (χ4n) is 7.32. The Balaban J connectivity index is 0.000000130. The van der Waals surface area contributed by atoms with Gasteiger partial charge in [-0.25, -0.2) is 58.0 Å². The number of aromatic nitrogens is 9. The second kappa shape index (κ2) is 25.2. The number of hydrogen-bond donors (Lipinski definition) is 1. The topological polar surface area (TPSA) is 151 Å². The molecule has 4 aliphatic rings. The molecule has 6 aromatic heterocycles. The second-order valence-corrected chi connectivity index (χ2v) is 18.4. The molecule has 0 spiro atoms. The van der Waals surface area contributed by atoms with E-state index in [0.717, 1.165) is 106 Å². The maximum atomic E-state index is 13.0. The van der Waals surface area contributed by atoms with Crippen LogP contribution >= 0.6 is 55.1 Å². The monoisotopic (exact) mass is 1190 g/mol. The van der Waals surface area contributed by atoms with E-state index in [4.69, 9.17) is 45.3 Å². The van der Waals surface area contributed by atoms with Gasteiger partial charge in [0.25, 0.3) is 0 Å². The predicted molar refractivity (Wildman–Crippen MR) is 284 cm³/mol. The number of nitrogen functional groups attached to an aromatic ring is 1. The number of nitrogens with two attached hydrogens (primary N) is 1. The third-order valence-corrected chi connectivity index (χ3v) is 12.2. The molecule has 3 aromatic carbocycles. The minimum atomic E-state index is -0.294. The molecule has 374 valence electrons. The van der Waals surface area contributed by atoms with Crippen LogP contribution in [0.2, 0.25) is 15.7 Å². The van der Waals surface area contributed by atoms with Crippen molar-refractivity contribution in [3.05, 3.63) is 154 Å². The first-order valence-electron chi connectivity index (χ1n) is 23.2. The number of pyridine rings is 3. The molecular formula is C53H46Cl3CuF3IN10O. The molecular weight excluding hydrogens is 1150 g/mol. The molecule has 0 bridgehead atoms. The summed E-state index contributed by atoms with van der Waals surface area (Å²) in [7, 11) is 0. The zero-order valence-corrected chi connectivity index (χ0v) is 44.0. The average molecular weight is 1190 g/mol. The molecule has 72 heavy (non-hydrogen) atoms. The Bertz CT molecular complexity index is 3130. The van der Waals surface area contributed by atoms with Crippen LogP contribution in [0.1, 0.15) is 81.5 Å². The van der Waals surface area contributed by atoms with Gasteiger partial charge in [0, 0.05) is 41.7 Å². The second-order valence-electron chi connectivity index (χ2n) is 17.4. The van der Waals surface area contributed by atoms with Gasteiger partial charge in [-0.05, 0) is 177 Å². The minimum absolute atomic E-state index is 0.0776. The van der Waals surface area contributed by atoms with Crippen molar-refractivity contribution in [3.8, 4) is 33.8 Å². The zero-order chi connectivity index (χ0) is 50.7. The number of halogens is 7. The predicted octanol–water partition coefficient (Wildman–Crippen LogP) is 14.9. The molecule has 1 saturated heterocycles. The summed E-state index contributed by atoms with van der Waals surface area (Å²) >= 11 is 23.6. The third kappa shape index (κ3) is 14.7. The normalized spacial score (nSPS) is 14.6. The first kappa shape index (κ1) is 53.1. The number of ether oxygens (including phenoxy) is 1. The molecule has 4 fully saturated rings. The van der Waals surface area contributed by atoms with E-state index in [0.29, 0.717) is 34.5 Å². The maximum absolute atomic E-state index is 13.0. The Morgan fingerprint density at radius 3 is 1.21 bits per heavy atom. The van der Waals surface area contributed by atoms with Crippen molar-refractivity contribution in [1.29, 1.82) is 0 Å². The van der Waals surface area contributed by atoms with E-state index in [1.807, 2.05) is 24.3 Å². The standard InChI is InChI=1S/C16H11ClFN3.C16H13FN4.C13H6Cl2FN3.C4H8O.C4H8.Cu.HI/c17-16-20-13-8-7-12(9-3-5-11(18)6-4-9)19-15(13)14(21-16)10-1-2-10;17-11-5-3-9(4-6-11)12-7-8-13-15(19-12)14(10-1-2-10)21-16(18)20-13;14-12-11-10(18-13(15)19-12)6-5-9(17-11)7-1-3-8(16)4-2-7;1-2-4-5-3-1;1-4-2-3-4;;/h3-8,10H,1-2H2;3-8,10H,1-2H2,(H2,18,20,21);1-6H;1-4H2;4H,2-3H2,1H3;;1H/q;;;;;+1;/p-1. The van der Waals surface area contributed by atoms with Gasteiger partial charge in [0.2, 0.25) is 16.5 Å². The van der Waals surface area contributed by atoms with E-state index in [-0.39, 0.29) is 33.2 Å². The quantitative estimate of drug-likeness (QED) is 0.0759. The van der Waals surface area contributed by atoms with Crippen LogP contribution in [0.25, 0.3) is 66.9 Å². The van der Waals surface area contributed by atoms with Crippen molar-refractivity contribution in [3.63, 3.8) is 0 Å². The fraction of sp³-hybridized carbons (Fsp3) is 0.264. The van der Waals surface area contributed by atoms with Crippen LogP contribution in [0.15, 0.2) is 109 Å². The van der Waals surface area contributed by atoms with E-state index in [2.05, 4.69) is 64.5 Å². The van der Waals surface area contributed by atoms with Gasteiger partial charge >= 0.3 is 33.1 Å². The molecule has 0 unspecified atom stereocenters. The SMILES string of the molecule is C1CCOC1.CC1CC1.Fc1ccc(-c2ccc3nc(Cl)nc(C4CC4)c3n2)cc1.Fc1ccc(-c2ccc3nc(Cl)nc(Cl)c3n2)cc1.Nc1nc(C2CC2)c2nc(-c3ccc(F)cc3)ccc2n1.[Cu][I]. The summed E-state index contributed by atoms with van der Waals surface area (Å²) in [4.78, 5) is 38.8. The molecule has 0 amide bonds. The molecule has 1 aliphatic heterocycles. The summed E-state index contributed by atoms with van der Waals surface area (Å²) < 4.78 is 43.9. The summed E-state index contributed by atoms with van der Waals surface area (Å²) in [5.41, 5.74) is 16.5. The summed E-state index contributed by atoms with van der Waals surface area (Å²) in [6, 6.07) is 29.7. The van der Waals surface area contributed by atoms with Crippen LogP contribution < -0.4 is 5.73 Å². The molecule has 7 heterocycles. The molecule has 0 atom stereocenters. The number of nitrogens with zero attached hydrogens (tertiary/aromatic N) is 9. The van der Waals surface area contributed by atoms with Crippen molar-refractivity contribution in [2.24, 2.45) is 5.92 Å². The first-order valence-corrected chi connectivity index (χ1v) is 27.4. The Hall–Kier alpha value is -5.20. The number of hydrogen-bond acceptors (Lipinski definition) is 11. The molecule has 11 nitrogen and oxygen atoms in total. The Kier molecular flexibility index (Phi) is 18.6. The van der Waals surface area contributed by atoms with Gasteiger partial charge in [-0.1, -0.05) is 31.4 Å². The zero-order valence-electron chi connectivity index (χ0n) is 38.7. The average Bonchev–Trinajstić information content (AvgIpc) is 4.34. The number of benzene rings is 3. The van der Waals surface area contributed by atoms with E-state index in [1.165, 1.54) is 62.1 Å². The Morgan fingerprint density at radius 1 is 0.472 bits per heavy atom. The van der Waals surface area contributed by atoms with Crippen molar-refractivity contribution >= 4 is 94.2 Å². The first-order chi connectivity index (χ1) is 34.9. The van der Waals surface area contributed by atoms with Gasteiger partial charge in [0.15, 0.2) is 5.15 Å². The van der Waals surface area contributed by atoms with Gasteiger partial charge in [-0.2, -0.15) is 0 Å². The molecule has 3 aliphatic carbocycles. The van der Waals surface area contributed by atoms with E-state index in [9.17, 15) is 13.2 Å². The molecule has 13 rings (SSSR count). The van der Waals surface area contributed by atoms with E-state index in [1.54, 1.807) is 68.9 Å². The number of anilines is 1. The number of rotatable bonds is 5. The summed E-state index contributed by atoms with van der Waals surface area (Å²) in [6.45, 7) is 4.28. The van der Waals surface area contributed by atoms with Gasteiger partial charge in [-0.15, -0.1) is 0 Å². The van der Waals surface area contributed by atoms with Crippen molar-refractivity contribution < 1.29 is 30.7 Å². The van der Waals surface area contributed by atoms with Gasteiger partial charge in [-0.3, -0.25) is 0 Å². The summed E-state index contributed by atoms with van der Waals surface area (Å²) in [5.74, 6) is 1.44. The molecule has 0 radical (unpaired) electrons. The van der Waals surface area contributed by atoms with Crippen LogP contribution in [0.4, 0.5) is 19.1 Å². The van der Waals surface area contributed by atoms with Crippen LogP contribution in [0.5, 0.6) is 0 Å². The number of fused-ring (bicyclic) bond motifs is 3. The van der Waals surface area contributed by atoms with Gasteiger partial charge in [0.1, 0.15) is 34.0 Å². The molecule has 19 heteroatoms. The van der Waals surface area contributed by atoms with Gasteiger partial charge < -0.3 is 10.5 Å². The van der Waals surface area contributed by atoms with Crippen molar-refractivity contribution in [2.45, 2.75) is 70.1 Å². The van der Waals surface area contributed by atoms with Crippen LogP contribution in [0, 0.1) is 23.4 Å². The fourth-order valence-corrected chi connectivity index (χ4v) is 7.94. The molecule has 3 saturated carbocycles. The van der Waals surface area contributed by atoms with E-state index >= 15 is 0 Å². The molecule has 2 N–H and O–H groups in total. The summed E-state index contributed by atoms with van der Waals surface area (Å²) in [6.07, 6.45) is 10.00. The van der Waals surface area contributed by atoms with E-state index < -0.39 is 0 Å². The Morgan fingerprint density at radius 2 is 0.833 bits per heavy atom. The summed E-state index contributed by atoms with van der Waals surface area (Å²) in [5, 5.41) is 0.536. The van der Waals surface area contributed by atoms with Crippen molar-refractivity contribution in [1.82, 2.24) is 44.9 Å². The third-order valence-electron chi connectivity index (χ3n) is 11.6. The van der Waals surface area contributed by atoms with Crippen LogP contribution in [-0.2, 0) is 17.5 Å². The van der Waals surface area contributed by atoms with Crippen molar-refractivity contribution in [2.75, 3.05) is 18.9 Å². The molecule has 9 aromatic rings. The van der Waals surface area contributed by atoms with Crippen LogP contribution in [-0.4, -0.2) is 58.1 Å².